The molecule has 32 heavy (non-hydrogen) atoms. The monoisotopic (exact) mass is 441 g/mol. The Morgan fingerprint density at radius 2 is 2.09 bits per heavy atom. The zero-order valence-corrected chi connectivity index (χ0v) is 17.0. The summed E-state index contributed by atoms with van der Waals surface area (Å²) in [6, 6.07) is 5.66. The van der Waals surface area contributed by atoms with E-state index in [1.807, 2.05) is 6.92 Å². The van der Waals surface area contributed by atoms with Gasteiger partial charge in [0, 0.05) is 30.2 Å². The number of rotatable bonds is 3. The lowest BCUT2D eigenvalue weighted by atomic mass is 10.0. The fourth-order valence-corrected chi connectivity index (χ4v) is 3.87. The van der Waals surface area contributed by atoms with Crippen LogP contribution in [0.2, 0.25) is 0 Å². The number of amides is 1. The molecule has 0 spiro atoms. The summed E-state index contributed by atoms with van der Waals surface area (Å²) in [5, 5.41) is 11.6. The van der Waals surface area contributed by atoms with Gasteiger partial charge < -0.3 is 5.32 Å². The third kappa shape index (κ3) is 3.59. The van der Waals surface area contributed by atoms with Crippen LogP contribution in [0.3, 0.4) is 0 Å². The minimum Gasteiger partial charge on any atom is -0.344 e. The number of carbonyl (C=O) groups excluding carboxylic acids is 1. The van der Waals surface area contributed by atoms with Gasteiger partial charge in [-0.1, -0.05) is 0 Å². The molecule has 11 heteroatoms. The first-order chi connectivity index (χ1) is 15.3. The standard InChI is InChI=1S/C21H18F3N7O/c1-12-5-8-31-19(27-12)14(11-26-31)20(32)28-15-3-2-7-30-17(15)10-16(29-30)13-4-6-25-18(9-13)21(22,23)24/h4-6,8-11,15H,2-3,7H2,1H3,(H,28,32)/t15-/m0/s1. The molecule has 1 amide bonds. The van der Waals surface area contributed by atoms with Gasteiger partial charge in [-0.2, -0.15) is 23.4 Å². The summed E-state index contributed by atoms with van der Waals surface area (Å²) in [5.41, 5.74) is 2.08. The van der Waals surface area contributed by atoms with Crippen molar-refractivity contribution in [3.05, 3.63) is 65.5 Å². The molecule has 5 heterocycles. The highest BCUT2D eigenvalue weighted by atomic mass is 19.4. The average Bonchev–Trinajstić information content (AvgIpc) is 3.38. The van der Waals surface area contributed by atoms with E-state index in [1.54, 1.807) is 23.0 Å². The number of hydrogen-bond acceptors (Lipinski definition) is 5. The van der Waals surface area contributed by atoms with Crippen molar-refractivity contribution in [3.8, 4) is 11.3 Å². The lowest BCUT2D eigenvalue weighted by molar-refractivity contribution is -0.141. The summed E-state index contributed by atoms with van der Waals surface area (Å²) in [6.45, 7) is 2.45. The second kappa shape index (κ2) is 7.43. The minimum absolute atomic E-state index is 0.317. The molecule has 0 aromatic carbocycles. The lowest BCUT2D eigenvalue weighted by Crippen LogP contribution is -2.32. The van der Waals surface area contributed by atoms with Crippen LogP contribution in [-0.4, -0.2) is 35.3 Å². The van der Waals surface area contributed by atoms with Crippen LogP contribution in [-0.2, 0) is 12.7 Å². The summed E-state index contributed by atoms with van der Waals surface area (Å²) < 4.78 is 42.4. The first kappa shape index (κ1) is 20.2. The third-order valence-corrected chi connectivity index (χ3v) is 5.44. The van der Waals surface area contributed by atoms with Gasteiger partial charge in [0.2, 0.25) is 0 Å². The Bertz CT molecular complexity index is 1320. The van der Waals surface area contributed by atoms with Crippen LogP contribution in [0.15, 0.2) is 42.9 Å². The quantitative estimate of drug-likeness (QED) is 0.525. The molecule has 5 rings (SSSR count). The molecule has 1 N–H and O–H groups in total. The number of hydrogen-bond donors (Lipinski definition) is 1. The predicted molar refractivity (Wildman–Crippen MR) is 108 cm³/mol. The molecule has 0 aliphatic carbocycles. The van der Waals surface area contributed by atoms with Gasteiger partial charge in [-0.25, -0.2) is 9.50 Å². The van der Waals surface area contributed by atoms with E-state index in [-0.39, 0.29) is 11.9 Å². The fraction of sp³-hybridized carbons (Fsp3) is 0.286. The van der Waals surface area contributed by atoms with Crippen LogP contribution < -0.4 is 5.32 Å². The molecule has 4 aromatic heterocycles. The van der Waals surface area contributed by atoms with E-state index in [9.17, 15) is 18.0 Å². The number of nitrogens with one attached hydrogen (secondary N) is 1. The summed E-state index contributed by atoms with van der Waals surface area (Å²) in [5.74, 6) is -0.317. The normalized spacial score (nSPS) is 16.2. The van der Waals surface area contributed by atoms with Gasteiger partial charge in [-0.3, -0.25) is 14.5 Å². The van der Waals surface area contributed by atoms with E-state index in [0.29, 0.717) is 35.4 Å². The number of alkyl halides is 3. The van der Waals surface area contributed by atoms with Gasteiger partial charge in [0.1, 0.15) is 11.3 Å². The van der Waals surface area contributed by atoms with Crippen molar-refractivity contribution >= 4 is 11.6 Å². The van der Waals surface area contributed by atoms with Crippen molar-refractivity contribution in [2.45, 2.75) is 38.5 Å². The van der Waals surface area contributed by atoms with Crippen LogP contribution in [0.1, 0.15) is 46.3 Å². The molecule has 4 aromatic rings. The molecule has 0 bridgehead atoms. The van der Waals surface area contributed by atoms with Crippen molar-refractivity contribution in [1.29, 1.82) is 0 Å². The zero-order chi connectivity index (χ0) is 22.5. The molecule has 0 unspecified atom stereocenters. The maximum atomic E-state index is 13.0. The Balaban J connectivity index is 1.44. The maximum absolute atomic E-state index is 13.0. The Morgan fingerprint density at radius 1 is 1.25 bits per heavy atom. The van der Waals surface area contributed by atoms with Crippen LogP contribution in [0.25, 0.3) is 16.9 Å². The Kier molecular flexibility index (Phi) is 4.68. The smallest absolute Gasteiger partial charge is 0.344 e. The first-order valence-electron chi connectivity index (χ1n) is 10.0. The van der Waals surface area contributed by atoms with Crippen molar-refractivity contribution in [2.75, 3.05) is 0 Å². The summed E-state index contributed by atoms with van der Waals surface area (Å²) in [6.07, 6.45) is 1.25. The average molecular weight is 441 g/mol. The van der Waals surface area contributed by atoms with Gasteiger partial charge in [-0.15, -0.1) is 0 Å². The minimum atomic E-state index is -4.54. The molecule has 164 valence electrons. The highest BCUT2D eigenvalue weighted by molar-refractivity contribution is 5.99. The number of fused-ring (bicyclic) bond motifs is 2. The van der Waals surface area contributed by atoms with Gasteiger partial charge >= 0.3 is 6.18 Å². The fourth-order valence-electron chi connectivity index (χ4n) is 3.87. The van der Waals surface area contributed by atoms with Crippen molar-refractivity contribution in [3.63, 3.8) is 0 Å². The molecule has 1 aliphatic heterocycles. The molecule has 0 saturated carbocycles. The number of halogens is 3. The van der Waals surface area contributed by atoms with E-state index in [4.69, 9.17) is 0 Å². The van der Waals surface area contributed by atoms with E-state index < -0.39 is 11.9 Å². The highest BCUT2D eigenvalue weighted by Gasteiger charge is 2.33. The number of carbonyl (C=O) groups is 1. The SMILES string of the molecule is Cc1ccn2ncc(C(=O)N[C@H]3CCCn4nc(-c5ccnc(C(F)(F)F)c5)cc43)c2n1. The molecular weight excluding hydrogens is 423 g/mol. The summed E-state index contributed by atoms with van der Waals surface area (Å²) in [7, 11) is 0. The molecule has 0 saturated heterocycles. The second-order valence-corrected chi connectivity index (χ2v) is 7.67. The zero-order valence-electron chi connectivity index (χ0n) is 17.0. The van der Waals surface area contributed by atoms with E-state index >= 15 is 0 Å². The largest absolute Gasteiger partial charge is 0.433 e. The number of aromatic nitrogens is 6. The predicted octanol–water partition coefficient (Wildman–Crippen LogP) is 3.58. The Labute approximate surface area is 180 Å². The van der Waals surface area contributed by atoms with Crippen LogP contribution >= 0.6 is 0 Å². The second-order valence-electron chi connectivity index (χ2n) is 7.67. The number of pyridine rings is 1. The Hall–Kier alpha value is -3.76. The summed E-state index contributed by atoms with van der Waals surface area (Å²) in [4.78, 5) is 20.8. The highest BCUT2D eigenvalue weighted by Crippen LogP contribution is 2.33. The van der Waals surface area contributed by atoms with Crippen LogP contribution in [0, 0.1) is 6.92 Å². The first-order valence-corrected chi connectivity index (χ1v) is 10.0. The van der Waals surface area contributed by atoms with E-state index in [0.717, 1.165) is 30.1 Å². The van der Waals surface area contributed by atoms with Crippen molar-refractivity contribution in [2.24, 2.45) is 0 Å². The van der Waals surface area contributed by atoms with E-state index in [2.05, 4.69) is 25.5 Å². The van der Waals surface area contributed by atoms with Gasteiger partial charge in [-0.05, 0) is 44.0 Å². The molecule has 8 nitrogen and oxygen atoms in total. The van der Waals surface area contributed by atoms with Gasteiger partial charge in [0.15, 0.2) is 5.65 Å². The molecule has 1 atom stereocenters. The van der Waals surface area contributed by atoms with Gasteiger partial charge in [0.25, 0.3) is 5.91 Å². The number of aryl methyl sites for hydroxylation is 2. The maximum Gasteiger partial charge on any atom is 0.433 e. The number of nitrogens with zero attached hydrogens (tertiary/aromatic N) is 6. The topological polar surface area (TPSA) is 90.0 Å². The lowest BCUT2D eigenvalue weighted by Gasteiger charge is -2.24. The van der Waals surface area contributed by atoms with Crippen molar-refractivity contribution in [1.82, 2.24) is 34.7 Å². The van der Waals surface area contributed by atoms with Crippen LogP contribution in [0.4, 0.5) is 13.2 Å². The van der Waals surface area contributed by atoms with E-state index in [1.165, 1.54) is 16.8 Å². The van der Waals surface area contributed by atoms with Crippen molar-refractivity contribution < 1.29 is 18.0 Å². The molecule has 0 fully saturated rings. The third-order valence-electron chi connectivity index (χ3n) is 5.44. The molecule has 1 aliphatic rings. The molecular formula is C21H18F3N7O. The molecule has 0 radical (unpaired) electrons. The summed E-state index contributed by atoms with van der Waals surface area (Å²) >= 11 is 0. The van der Waals surface area contributed by atoms with Crippen LogP contribution in [0.5, 0.6) is 0 Å². The Morgan fingerprint density at radius 3 is 2.91 bits per heavy atom. The van der Waals surface area contributed by atoms with Gasteiger partial charge in [0.05, 0.1) is 23.6 Å².